The number of rotatable bonds is 6. The van der Waals surface area contributed by atoms with Crippen molar-refractivity contribution in [1.29, 1.82) is 0 Å². The van der Waals surface area contributed by atoms with Crippen LogP contribution < -0.4 is 10.6 Å². The van der Waals surface area contributed by atoms with Crippen LogP contribution in [-0.2, 0) is 13.6 Å². The van der Waals surface area contributed by atoms with Gasteiger partial charge in [-0.2, -0.15) is 5.10 Å². The third-order valence-corrected chi connectivity index (χ3v) is 4.28. The molecule has 0 aliphatic carbocycles. The lowest BCUT2D eigenvalue weighted by molar-refractivity contribution is 0.686. The molecule has 0 aliphatic rings. The van der Waals surface area contributed by atoms with Gasteiger partial charge >= 0.3 is 0 Å². The largest absolute Gasteiger partial charge is 0.356 e. The SMILES string of the molecule is CN=C(NCCSc1ccc(C)cc1)NCc1ccnn1C.I. The fraction of sp³-hybridized carbons (Fsp3) is 0.375. The molecule has 0 aliphatic heterocycles. The molecule has 7 heteroatoms. The van der Waals surface area contributed by atoms with Crippen molar-refractivity contribution in [3.05, 3.63) is 47.8 Å². The van der Waals surface area contributed by atoms with E-state index in [1.807, 2.05) is 29.6 Å². The Labute approximate surface area is 159 Å². The minimum absolute atomic E-state index is 0. The van der Waals surface area contributed by atoms with Crippen molar-refractivity contribution in [2.75, 3.05) is 19.3 Å². The van der Waals surface area contributed by atoms with Crippen molar-refractivity contribution in [1.82, 2.24) is 20.4 Å². The third kappa shape index (κ3) is 6.82. The Balaban J connectivity index is 0.00000264. The molecule has 126 valence electrons. The zero-order valence-electron chi connectivity index (χ0n) is 13.7. The lowest BCUT2D eigenvalue weighted by Gasteiger charge is -2.11. The van der Waals surface area contributed by atoms with Gasteiger partial charge in [0.25, 0.3) is 0 Å². The number of aliphatic imine (C=N–C) groups is 1. The first kappa shape index (κ1) is 19.8. The lowest BCUT2D eigenvalue weighted by Crippen LogP contribution is -2.38. The van der Waals surface area contributed by atoms with E-state index in [-0.39, 0.29) is 24.0 Å². The zero-order valence-corrected chi connectivity index (χ0v) is 16.9. The van der Waals surface area contributed by atoms with Gasteiger partial charge in [0.1, 0.15) is 0 Å². The molecular formula is C16H24IN5S. The Morgan fingerprint density at radius 3 is 2.57 bits per heavy atom. The normalized spacial score (nSPS) is 11.0. The highest BCUT2D eigenvalue weighted by Crippen LogP contribution is 2.17. The standard InChI is InChI=1S/C16H23N5S.HI/c1-13-4-6-15(7-5-13)22-11-10-18-16(17-2)19-12-14-8-9-20-21(14)3;/h4-9H,10-12H2,1-3H3,(H2,17,18,19);1H. The van der Waals surface area contributed by atoms with Crippen LogP contribution >= 0.6 is 35.7 Å². The van der Waals surface area contributed by atoms with Crippen LogP contribution in [0.2, 0.25) is 0 Å². The Bertz CT molecular complexity index is 609. The molecule has 5 nitrogen and oxygen atoms in total. The topological polar surface area (TPSA) is 54.2 Å². The van der Waals surface area contributed by atoms with Crippen molar-refractivity contribution in [3.63, 3.8) is 0 Å². The second-order valence-corrected chi connectivity index (χ2v) is 6.13. The molecule has 1 aromatic carbocycles. The number of thioether (sulfide) groups is 1. The van der Waals surface area contributed by atoms with E-state index in [1.165, 1.54) is 10.5 Å². The number of nitrogens with one attached hydrogen (secondary N) is 2. The maximum atomic E-state index is 4.23. The van der Waals surface area contributed by atoms with Crippen LogP contribution in [0.3, 0.4) is 0 Å². The van der Waals surface area contributed by atoms with Gasteiger partial charge in [0, 0.05) is 37.5 Å². The van der Waals surface area contributed by atoms with Crippen LogP contribution in [-0.4, -0.2) is 35.1 Å². The molecule has 0 amide bonds. The summed E-state index contributed by atoms with van der Waals surface area (Å²) in [6, 6.07) is 10.6. The molecule has 2 aromatic rings. The Kier molecular flexibility index (Phi) is 9.08. The van der Waals surface area contributed by atoms with Crippen molar-refractivity contribution < 1.29 is 0 Å². The second kappa shape index (κ2) is 10.5. The van der Waals surface area contributed by atoms with E-state index >= 15 is 0 Å². The molecule has 0 bridgehead atoms. The molecule has 0 fully saturated rings. The van der Waals surface area contributed by atoms with E-state index < -0.39 is 0 Å². The van der Waals surface area contributed by atoms with Gasteiger partial charge in [-0.1, -0.05) is 17.7 Å². The number of hydrogen-bond acceptors (Lipinski definition) is 3. The molecule has 0 unspecified atom stereocenters. The summed E-state index contributed by atoms with van der Waals surface area (Å²) in [5, 5.41) is 10.8. The molecule has 2 rings (SSSR count). The Morgan fingerprint density at radius 1 is 1.22 bits per heavy atom. The Hall–Kier alpha value is -1.22. The summed E-state index contributed by atoms with van der Waals surface area (Å²) >= 11 is 1.84. The van der Waals surface area contributed by atoms with Gasteiger partial charge < -0.3 is 10.6 Å². The number of halogens is 1. The first-order valence-corrected chi connectivity index (χ1v) is 8.28. The predicted octanol–water partition coefficient (Wildman–Crippen LogP) is 2.80. The summed E-state index contributed by atoms with van der Waals surface area (Å²) in [5.74, 6) is 1.81. The molecule has 0 saturated heterocycles. The number of aryl methyl sites for hydroxylation is 2. The zero-order chi connectivity index (χ0) is 15.8. The van der Waals surface area contributed by atoms with Crippen LogP contribution in [0.25, 0.3) is 0 Å². The van der Waals surface area contributed by atoms with Crippen LogP contribution in [0.4, 0.5) is 0 Å². The smallest absolute Gasteiger partial charge is 0.191 e. The summed E-state index contributed by atoms with van der Waals surface area (Å²) in [4.78, 5) is 5.53. The van der Waals surface area contributed by atoms with E-state index in [0.717, 1.165) is 24.0 Å². The average molecular weight is 445 g/mol. The molecule has 0 spiro atoms. The number of aromatic nitrogens is 2. The number of nitrogens with zero attached hydrogens (tertiary/aromatic N) is 3. The summed E-state index contributed by atoms with van der Waals surface area (Å²) in [6.07, 6.45) is 1.80. The van der Waals surface area contributed by atoms with E-state index in [9.17, 15) is 0 Å². The first-order valence-electron chi connectivity index (χ1n) is 7.30. The highest BCUT2D eigenvalue weighted by atomic mass is 127. The number of guanidine groups is 1. The van der Waals surface area contributed by atoms with Gasteiger partial charge in [0.15, 0.2) is 5.96 Å². The first-order chi connectivity index (χ1) is 10.7. The van der Waals surface area contributed by atoms with Crippen LogP contribution in [0.15, 0.2) is 46.4 Å². The van der Waals surface area contributed by atoms with Gasteiger partial charge in [0.2, 0.25) is 0 Å². The average Bonchev–Trinajstić information content (AvgIpc) is 2.93. The van der Waals surface area contributed by atoms with Gasteiger partial charge in [-0.3, -0.25) is 9.67 Å². The summed E-state index contributed by atoms with van der Waals surface area (Å²) in [6.45, 7) is 3.68. The Morgan fingerprint density at radius 2 is 1.96 bits per heavy atom. The minimum atomic E-state index is 0. The highest BCUT2D eigenvalue weighted by Gasteiger charge is 2.01. The van der Waals surface area contributed by atoms with Gasteiger partial charge in [-0.25, -0.2) is 0 Å². The van der Waals surface area contributed by atoms with Crippen LogP contribution in [0.5, 0.6) is 0 Å². The molecule has 0 saturated carbocycles. The molecule has 0 radical (unpaired) electrons. The molecule has 0 atom stereocenters. The maximum absolute atomic E-state index is 4.23. The van der Waals surface area contributed by atoms with Crippen molar-refractivity contribution >= 4 is 41.7 Å². The minimum Gasteiger partial charge on any atom is -0.356 e. The lowest BCUT2D eigenvalue weighted by atomic mass is 10.2. The van der Waals surface area contributed by atoms with Crippen molar-refractivity contribution in [3.8, 4) is 0 Å². The summed E-state index contributed by atoms with van der Waals surface area (Å²) < 4.78 is 1.85. The van der Waals surface area contributed by atoms with E-state index in [0.29, 0.717) is 6.54 Å². The van der Waals surface area contributed by atoms with Crippen molar-refractivity contribution in [2.45, 2.75) is 18.4 Å². The molecule has 1 heterocycles. The molecule has 2 N–H and O–H groups in total. The van der Waals surface area contributed by atoms with Gasteiger partial charge in [-0.05, 0) is 25.1 Å². The van der Waals surface area contributed by atoms with E-state index in [4.69, 9.17) is 0 Å². The van der Waals surface area contributed by atoms with Gasteiger partial charge in [0.05, 0.1) is 12.2 Å². The molecule has 1 aromatic heterocycles. The number of benzene rings is 1. The maximum Gasteiger partial charge on any atom is 0.191 e. The van der Waals surface area contributed by atoms with Crippen LogP contribution in [0, 0.1) is 6.92 Å². The van der Waals surface area contributed by atoms with Crippen molar-refractivity contribution in [2.24, 2.45) is 12.0 Å². The highest BCUT2D eigenvalue weighted by molar-refractivity contribution is 14.0. The van der Waals surface area contributed by atoms with Crippen LogP contribution in [0.1, 0.15) is 11.3 Å². The summed E-state index contributed by atoms with van der Waals surface area (Å²) in [7, 11) is 3.72. The fourth-order valence-corrected chi connectivity index (χ4v) is 2.71. The monoisotopic (exact) mass is 445 g/mol. The fourth-order valence-electron chi connectivity index (χ4n) is 1.94. The third-order valence-electron chi connectivity index (χ3n) is 3.27. The predicted molar refractivity (Wildman–Crippen MR) is 109 cm³/mol. The second-order valence-electron chi connectivity index (χ2n) is 4.96. The summed E-state index contributed by atoms with van der Waals surface area (Å²) in [5.41, 5.74) is 2.42. The molecular weight excluding hydrogens is 421 g/mol. The quantitative estimate of drug-likeness (QED) is 0.236. The van der Waals surface area contributed by atoms with E-state index in [1.54, 1.807) is 13.2 Å². The van der Waals surface area contributed by atoms with Gasteiger partial charge in [-0.15, -0.1) is 35.7 Å². The molecule has 23 heavy (non-hydrogen) atoms. The number of hydrogen-bond donors (Lipinski definition) is 2. The van der Waals surface area contributed by atoms with E-state index in [2.05, 4.69) is 51.9 Å².